The Morgan fingerprint density at radius 2 is 1.69 bits per heavy atom. The molecule has 4 nitrogen and oxygen atoms in total. The van der Waals surface area contributed by atoms with Gasteiger partial charge in [0.2, 0.25) is 11.8 Å². The highest BCUT2D eigenvalue weighted by Crippen LogP contribution is 2.25. The van der Waals surface area contributed by atoms with E-state index in [1.807, 2.05) is 37.3 Å². The molecule has 0 radical (unpaired) electrons. The van der Waals surface area contributed by atoms with Crippen LogP contribution in [0.25, 0.3) is 0 Å². The van der Waals surface area contributed by atoms with Gasteiger partial charge >= 0.3 is 0 Å². The van der Waals surface area contributed by atoms with E-state index < -0.39 is 0 Å². The Balaban J connectivity index is 2.13. The minimum absolute atomic E-state index is 0.0536. The van der Waals surface area contributed by atoms with Crippen molar-refractivity contribution in [1.82, 2.24) is 0 Å². The van der Waals surface area contributed by atoms with Gasteiger partial charge in [-0.1, -0.05) is 50.6 Å². The summed E-state index contributed by atoms with van der Waals surface area (Å²) < 4.78 is 0. The Bertz CT molecular complexity index is 808. The van der Waals surface area contributed by atoms with E-state index in [0.29, 0.717) is 16.4 Å². The van der Waals surface area contributed by atoms with Crippen molar-refractivity contribution in [3.8, 4) is 0 Å². The summed E-state index contributed by atoms with van der Waals surface area (Å²) in [7, 11) is 0. The molecule has 2 aromatic rings. The summed E-state index contributed by atoms with van der Waals surface area (Å²) in [6.45, 7) is 9.66. The number of aryl methyl sites for hydroxylation is 1. The molecule has 1 N–H and O–H groups in total. The van der Waals surface area contributed by atoms with E-state index in [0.717, 1.165) is 5.56 Å². The molecule has 0 aliphatic carbocycles. The SMILES string of the molecule is CC(=O)N(CC(=O)Nc1ccc(C(C)(C)C)cc1)c1cc(Cl)ccc1C. The van der Waals surface area contributed by atoms with Gasteiger partial charge in [-0.3, -0.25) is 9.59 Å². The summed E-state index contributed by atoms with van der Waals surface area (Å²) in [6, 6.07) is 13.0. The van der Waals surface area contributed by atoms with E-state index in [1.54, 1.807) is 12.1 Å². The first-order chi connectivity index (χ1) is 12.1. The summed E-state index contributed by atoms with van der Waals surface area (Å²) in [5, 5.41) is 3.37. The van der Waals surface area contributed by atoms with Gasteiger partial charge in [-0.25, -0.2) is 0 Å². The lowest BCUT2D eigenvalue weighted by Gasteiger charge is -2.23. The van der Waals surface area contributed by atoms with Crippen molar-refractivity contribution in [2.45, 2.75) is 40.0 Å². The number of nitrogens with one attached hydrogen (secondary N) is 1. The van der Waals surface area contributed by atoms with Crippen molar-refractivity contribution in [3.05, 3.63) is 58.6 Å². The molecular weight excluding hydrogens is 348 g/mol. The third-order valence-corrected chi connectivity index (χ3v) is 4.41. The monoisotopic (exact) mass is 372 g/mol. The molecule has 0 aliphatic heterocycles. The van der Waals surface area contributed by atoms with E-state index >= 15 is 0 Å². The number of carbonyl (C=O) groups is 2. The lowest BCUT2D eigenvalue weighted by molar-refractivity contribution is -0.120. The van der Waals surface area contributed by atoms with Crippen LogP contribution in [0, 0.1) is 6.92 Å². The molecule has 0 heterocycles. The minimum atomic E-state index is -0.261. The summed E-state index contributed by atoms with van der Waals surface area (Å²) in [6.07, 6.45) is 0. The summed E-state index contributed by atoms with van der Waals surface area (Å²) in [5.41, 5.74) is 3.47. The van der Waals surface area contributed by atoms with E-state index in [4.69, 9.17) is 11.6 Å². The van der Waals surface area contributed by atoms with Crippen LogP contribution in [0.2, 0.25) is 5.02 Å². The molecule has 0 aliphatic rings. The molecule has 0 saturated carbocycles. The van der Waals surface area contributed by atoms with Gasteiger partial charge < -0.3 is 10.2 Å². The minimum Gasteiger partial charge on any atom is -0.325 e. The average molecular weight is 373 g/mol. The highest BCUT2D eigenvalue weighted by Gasteiger charge is 2.18. The highest BCUT2D eigenvalue weighted by atomic mass is 35.5. The second-order valence-corrected chi connectivity index (χ2v) is 7.85. The predicted octanol–water partition coefficient (Wildman–Crippen LogP) is 4.94. The van der Waals surface area contributed by atoms with E-state index in [2.05, 4.69) is 26.1 Å². The first-order valence-corrected chi connectivity index (χ1v) is 8.90. The zero-order chi connectivity index (χ0) is 19.5. The number of nitrogens with zero attached hydrogens (tertiary/aromatic N) is 1. The largest absolute Gasteiger partial charge is 0.325 e. The summed E-state index contributed by atoms with van der Waals surface area (Å²) in [5.74, 6) is -0.475. The molecule has 0 unspecified atom stereocenters. The first kappa shape index (κ1) is 20.0. The van der Waals surface area contributed by atoms with Crippen molar-refractivity contribution in [2.24, 2.45) is 0 Å². The Labute approximate surface area is 160 Å². The molecule has 0 aromatic heterocycles. The lowest BCUT2D eigenvalue weighted by Crippen LogP contribution is -2.37. The smallest absolute Gasteiger partial charge is 0.244 e. The Kier molecular flexibility index (Phi) is 6.09. The van der Waals surface area contributed by atoms with Crippen LogP contribution in [0.5, 0.6) is 0 Å². The molecular formula is C21H25ClN2O2. The quantitative estimate of drug-likeness (QED) is 0.826. The van der Waals surface area contributed by atoms with Gasteiger partial charge in [0.05, 0.1) is 0 Å². The normalized spacial score (nSPS) is 11.2. The standard InChI is InChI=1S/C21H25ClN2O2/c1-14-6-9-17(22)12-19(14)24(15(2)25)13-20(26)23-18-10-7-16(8-11-18)21(3,4)5/h6-12H,13H2,1-5H3,(H,23,26). The second-order valence-electron chi connectivity index (χ2n) is 7.41. The van der Waals surface area contributed by atoms with Crippen molar-refractivity contribution in [1.29, 1.82) is 0 Å². The fraction of sp³-hybridized carbons (Fsp3) is 0.333. The zero-order valence-electron chi connectivity index (χ0n) is 15.9. The van der Waals surface area contributed by atoms with E-state index in [9.17, 15) is 9.59 Å². The molecule has 0 fully saturated rings. The molecule has 26 heavy (non-hydrogen) atoms. The van der Waals surface area contributed by atoms with Crippen LogP contribution in [-0.2, 0) is 15.0 Å². The van der Waals surface area contributed by atoms with Crippen LogP contribution < -0.4 is 10.2 Å². The van der Waals surface area contributed by atoms with Crippen LogP contribution in [0.4, 0.5) is 11.4 Å². The maximum absolute atomic E-state index is 12.4. The molecule has 2 aromatic carbocycles. The maximum atomic E-state index is 12.4. The van der Waals surface area contributed by atoms with Crippen LogP contribution in [0.15, 0.2) is 42.5 Å². The van der Waals surface area contributed by atoms with Crippen LogP contribution in [-0.4, -0.2) is 18.4 Å². The molecule has 0 saturated heterocycles. The average Bonchev–Trinajstić information content (AvgIpc) is 2.54. The maximum Gasteiger partial charge on any atom is 0.244 e. The third kappa shape index (κ3) is 5.09. The van der Waals surface area contributed by atoms with Crippen LogP contribution in [0.1, 0.15) is 38.8 Å². The molecule has 2 rings (SSSR count). The fourth-order valence-corrected chi connectivity index (χ4v) is 2.80. The van der Waals surface area contributed by atoms with Crippen molar-refractivity contribution < 1.29 is 9.59 Å². The predicted molar refractivity (Wildman–Crippen MR) is 108 cm³/mol. The van der Waals surface area contributed by atoms with Crippen molar-refractivity contribution in [2.75, 3.05) is 16.8 Å². The zero-order valence-corrected chi connectivity index (χ0v) is 16.6. The number of anilines is 2. The topological polar surface area (TPSA) is 49.4 Å². The van der Waals surface area contributed by atoms with Gasteiger partial charge in [-0.15, -0.1) is 0 Å². The highest BCUT2D eigenvalue weighted by molar-refractivity contribution is 6.31. The Morgan fingerprint density at radius 1 is 1.08 bits per heavy atom. The van der Waals surface area contributed by atoms with Gasteiger partial charge in [0.1, 0.15) is 6.54 Å². The van der Waals surface area contributed by atoms with E-state index in [-0.39, 0.29) is 23.8 Å². The Morgan fingerprint density at radius 3 is 2.23 bits per heavy atom. The molecule has 0 atom stereocenters. The number of hydrogen-bond donors (Lipinski definition) is 1. The third-order valence-electron chi connectivity index (χ3n) is 4.18. The van der Waals surface area contributed by atoms with Crippen molar-refractivity contribution in [3.63, 3.8) is 0 Å². The number of rotatable bonds is 4. The number of benzene rings is 2. The van der Waals surface area contributed by atoms with Crippen molar-refractivity contribution >= 4 is 34.8 Å². The number of hydrogen-bond acceptors (Lipinski definition) is 2. The second kappa shape index (κ2) is 7.92. The Hall–Kier alpha value is -2.33. The van der Waals surface area contributed by atoms with Crippen LogP contribution in [0.3, 0.4) is 0 Å². The first-order valence-electron chi connectivity index (χ1n) is 8.52. The molecule has 0 bridgehead atoms. The van der Waals surface area contributed by atoms with Crippen LogP contribution >= 0.6 is 11.6 Å². The van der Waals surface area contributed by atoms with Gasteiger partial charge in [0, 0.05) is 23.3 Å². The number of carbonyl (C=O) groups excluding carboxylic acids is 2. The van der Waals surface area contributed by atoms with Gasteiger partial charge in [-0.2, -0.15) is 0 Å². The summed E-state index contributed by atoms with van der Waals surface area (Å²) in [4.78, 5) is 25.9. The van der Waals surface area contributed by atoms with Gasteiger partial charge in [0.15, 0.2) is 0 Å². The molecule has 2 amide bonds. The molecule has 0 spiro atoms. The van der Waals surface area contributed by atoms with Gasteiger partial charge in [0.25, 0.3) is 0 Å². The van der Waals surface area contributed by atoms with Gasteiger partial charge in [-0.05, 0) is 47.7 Å². The summed E-state index contributed by atoms with van der Waals surface area (Å²) >= 11 is 6.04. The van der Waals surface area contributed by atoms with E-state index in [1.165, 1.54) is 17.4 Å². The lowest BCUT2D eigenvalue weighted by atomic mass is 9.87. The number of amides is 2. The number of halogens is 1. The molecule has 138 valence electrons. The fourth-order valence-electron chi connectivity index (χ4n) is 2.64. The molecule has 5 heteroatoms.